The number of aliphatic carboxylic acids is 1. The number of carboxylic acid groups (broad SMARTS) is 1. The lowest BCUT2D eigenvalue weighted by atomic mass is 10.1. The van der Waals surface area contributed by atoms with Gasteiger partial charge in [-0.2, -0.15) is 0 Å². The van der Waals surface area contributed by atoms with Crippen LogP contribution in [0.15, 0.2) is 0 Å². The predicted octanol–water partition coefficient (Wildman–Crippen LogP) is 7.22. The van der Waals surface area contributed by atoms with Crippen LogP contribution in [0.2, 0.25) is 0 Å². The molecule has 0 aromatic heterocycles. The first-order valence-corrected chi connectivity index (χ1v) is 23.3. The number of hydrogen-bond acceptors (Lipinski definition) is 16. The van der Waals surface area contributed by atoms with Crippen molar-refractivity contribution in [1.29, 1.82) is 0 Å². The molecule has 0 aliphatic carbocycles. The number of amides is 4. The van der Waals surface area contributed by atoms with E-state index in [2.05, 4.69) is 33.1 Å². The number of alkyl carbamates (subject to hydrolysis) is 4. The molecule has 0 aromatic rings. The average molecular weight is 1020 g/mol. The van der Waals surface area contributed by atoms with Crippen molar-refractivity contribution in [3.63, 3.8) is 0 Å². The van der Waals surface area contributed by atoms with E-state index in [1.165, 1.54) is 0 Å². The summed E-state index contributed by atoms with van der Waals surface area (Å²) in [4.78, 5) is 94.7. The zero-order chi connectivity index (χ0) is 56.2. The van der Waals surface area contributed by atoms with Crippen molar-refractivity contribution < 1.29 is 81.7 Å². The van der Waals surface area contributed by atoms with Crippen LogP contribution in [-0.2, 0) is 52.3 Å². The Morgan fingerprint density at radius 3 is 0.986 bits per heavy atom. The number of nitrogens with one attached hydrogen (secondary N) is 4. The number of carboxylic acids is 1. The van der Waals surface area contributed by atoms with E-state index in [1.54, 1.807) is 125 Å². The minimum absolute atomic E-state index is 0.0311. The van der Waals surface area contributed by atoms with Crippen molar-refractivity contribution in [3.8, 4) is 24.7 Å². The van der Waals surface area contributed by atoms with Crippen molar-refractivity contribution in [1.82, 2.24) is 21.3 Å². The van der Waals surface area contributed by atoms with Crippen molar-refractivity contribution in [2.75, 3.05) is 13.2 Å². The van der Waals surface area contributed by atoms with Gasteiger partial charge in [0.25, 0.3) is 0 Å². The first-order chi connectivity index (χ1) is 32.0. The topological polar surface area (TPSA) is 290 Å². The molecule has 408 valence electrons. The minimum Gasteiger partial charge on any atom is -0.480 e. The molecule has 71 heavy (non-hydrogen) atoms. The van der Waals surface area contributed by atoms with E-state index in [-0.39, 0.29) is 32.5 Å². The van der Waals surface area contributed by atoms with Crippen molar-refractivity contribution in [2.24, 2.45) is 0 Å². The summed E-state index contributed by atoms with van der Waals surface area (Å²) in [6.07, 6.45) is 9.83. The first-order valence-electron chi connectivity index (χ1n) is 23.3. The second kappa shape index (κ2) is 32.1. The molecule has 0 spiro atoms. The number of carbonyl (C=O) groups is 8. The molecule has 0 heterocycles. The summed E-state index contributed by atoms with van der Waals surface area (Å²) >= 11 is 0. The van der Waals surface area contributed by atoms with E-state index in [4.69, 9.17) is 56.2 Å². The van der Waals surface area contributed by atoms with E-state index >= 15 is 0 Å². The monoisotopic (exact) mass is 1010 g/mol. The molecule has 0 saturated carbocycles. The lowest BCUT2D eigenvalue weighted by Gasteiger charge is -2.26. The molecule has 0 unspecified atom stereocenters. The van der Waals surface area contributed by atoms with Gasteiger partial charge in [-0.15, -0.1) is 24.7 Å². The number of esters is 3. The fourth-order valence-electron chi connectivity index (χ4n) is 4.86. The van der Waals surface area contributed by atoms with E-state index in [1.807, 2.05) is 0 Å². The molecule has 21 nitrogen and oxygen atoms in total. The Bertz CT molecular complexity index is 1780. The van der Waals surface area contributed by atoms with Gasteiger partial charge in [0.05, 0.1) is 6.61 Å². The zero-order valence-electron chi connectivity index (χ0n) is 45.6. The normalized spacial score (nSPS) is 13.3. The number of aliphatic hydroxyl groups is 1. The molecule has 0 radical (unpaired) electrons. The highest BCUT2D eigenvalue weighted by molar-refractivity contribution is 5.83. The quantitative estimate of drug-likeness (QED) is 0.0322. The van der Waals surface area contributed by atoms with Crippen LogP contribution >= 0.6 is 0 Å². The summed E-state index contributed by atoms with van der Waals surface area (Å²) in [6.45, 7) is 31.1. The standard InChI is InChI=1S/C25H42N2O8.C15H29NO5.C10H15NO4/c1-11-14-17(26-21(30)34-24(5,6)7)19(28)32-16-13-12-15-18(20(29)33-23(2,3)4)27-22(31)35-25(8,9)10;1-14(2,3)20-12(18)11(9-7-8-10-17)16-13(19)21-15(4,5)6;1-5-6-7(8(12)13)11-9(14)15-10(2,3)4/h1,17-18H,12-16H2,2-10H3,(H,26,30)(H,27,31);11,17H,7-10H2,1-6H3,(H,16,19);1,7H,6H2,2-4H3,(H,11,14)(H,12,13)/t17-,18-;11-;7-/m000/s1. The Morgan fingerprint density at radius 1 is 0.423 bits per heavy atom. The smallest absolute Gasteiger partial charge is 0.408 e. The van der Waals surface area contributed by atoms with Crippen LogP contribution in [0.4, 0.5) is 19.2 Å². The van der Waals surface area contributed by atoms with E-state index in [0.29, 0.717) is 32.1 Å². The Hall–Kier alpha value is -5.96. The maximum absolute atomic E-state index is 12.5. The molecular formula is C50H86N4O17. The van der Waals surface area contributed by atoms with Gasteiger partial charge in [-0.25, -0.2) is 38.4 Å². The van der Waals surface area contributed by atoms with E-state index in [9.17, 15) is 38.4 Å². The maximum atomic E-state index is 12.5. The van der Waals surface area contributed by atoms with Gasteiger partial charge in [0.1, 0.15) is 57.8 Å². The first kappa shape index (κ1) is 69.3. The van der Waals surface area contributed by atoms with Crippen molar-refractivity contribution in [3.05, 3.63) is 0 Å². The minimum atomic E-state index is -1.18. The van der Waals surface area contributed by atoms with Gasteiger partial charge >= 0.3 is 48.3 Å². The second-order valence-corrected chi connectivity index (χ2v) is 21.9. The predicted molar refractivity (Wildman–Crippen MR) is 265 cm³/mol. The molecule has 0 rings (SSSR count). The fraction of sp³-hybridized carbons (Fsp3) is 0.760. The number of ether oxygens (including phenoxy) is 7. The van der Waals surface area contributed by atoms with Gasteiger partial charge in [-0.3, -0.25) is 0 Å². The third-order valence-electron chi connectivity index (χ3n) is 7.41. The molecule has 4 amide bonds. The van der Waals surface area contributed by atoms with Crippen LogP contribution in [0.3, 0.4) is 0 Å². The lowest BCUT2D eigenvalue weighted by Crippen LogP contribution is -2.46. The molecule has 0 aliphatic rings. The second-order valence-electron chi connectivity index (χ2n) is 21.9. The number of carbonyl (C=O) groups excluding carboxylic acids is 7. The van der Waals surface area contributed by atoms with Gasteiger partial charge in [0.2, 0.25) is 0 Å². The average Bonchev–Trinajstić information content (AvgIpc) is 3.12. The number of terminal acetylenes is 2. The molecular weight excluding hydrogens is 929 g/mol. The fourth-order valence-corrected chi connectivity index (χ4v) is 4.86. The Labute approximate surface area is 422 Å². The van der Waals surface area contributed by atoms with Crippen molar-refractivity contribution in [2.45, 2.75) is 234 Å². The summed E-state index contributed by atoms with van der Waals surface area (Å²) in [5.74, 6) is 1.54. The molecule has 6 N–H and O–H groups in total. The number of aliphatic hydroxyl groups excluding tert-OH is 1. The van der Waals surface area contributed by atoms with Crippen LogP contribution < -0.4 is 21.3 Å². The van der Waals surface area contributed by atoms with Gasteiger partial charge < -0.3 is 64.6 Å². The van der Waals surface area contributed by atoms with Crippen molar-refractivity contribution >= 4 is 48.3 Å². The molecule has 0 fully saturated rings. The Kier molecular flexibility index (Phi) is 31.3. The van der Waals surface area contributed by atoms with E-state index < -0.39 is 106 Å². The van der Waals surface area contributed by atoms with Gasteiger partial charge in [0.15, 0.2) is 0 Å². The van der Waals surface area contributed by atoms with Crippen LogP contribution in [-0.4, -0.2) is 129 Å². The third kappa shape index (κ3) is 43.8. The van der Waals surface area contributed by atoms with Gasteiger partial charge in [-0.1, -0.05) is 0 Å². The van der Waals surface area contributed by atoms with Gasteiger partial charge in [0, 0.05) is 19.4 Å². The molecule has 0 aromatic carbocycles. The van der Waals surface area contributed by atoms with Gasteiger partial charge in [-0.05, 0) is 163 Å². The Morgan fingerprint density at radius 2 is 0.704 bits per heavy atom. The largest absolute Gasteiger partial charge is 0.480 e. The Balaban J connectivity index is -0.00000108. The van der Waals surface area contributed by atoms with Crippen LogP contribution in [0, 0.1) is 24.7 Å². The molecule has 0 aliphatic heterocycles. The maximum Gasteiger partial charge on any atom is 0.408 e. The SMILES string of the molecule is C#CC[C@H](NC(=O)OC(C)(C)C)C(=O)O.C#CC[C@H](NC(=O)OC(C)(C)C)C(=O)OCCCC[C@H](NC(=O)OC(C)(C)C)C(=O)OC(C)(C)C.CC(C)(C)OC(=O)N[C@@H](CCCCO)C(=O)OC(C)(C)C. The molecule has 0 saturated heterocycles. The van der Waals surface area contributed by atoms with Crippen LogP contribution in [0.1, 0.15) is 176 Å². The molecule has 4 atom stereocenters. The number of unbranched alkanes of at least 4 members (excludes halogenated alkanes) is 2. The summed E-state index contributed by atoms with van der Waals surface area (Å²) < 4.78 is 36.3. The number of hydrogen-bond donors (Lipinski definition) is 6. The lowest BCUT2D eigenvalue weighted by molar-refractivity contribution is -0.158. The summed E-state index contributed by atoms with van der Waals surface area (Å²) in [6, 6.07) is -3.85. The highest BCUT2D eigenvalue weighted by Gasteiger charge is 2.31. The van der Waals surface area contributed by atoms with Crippen LogP contribution in [0.25, 0.3) is 0 Å². The third-order valence-corrected chi connectivity index (χ3v) is 7.41. The highest BCUT2D eigenvalue weighted by atomic mass is 16.6. The highest BCUT2D eigenvalue weighted by Crippen LogP contribution is 2.16. The molecule has 21 heteroatoms. The van der Waals surface area contributed by atoms with E-state index in [0.717, 1.165) is 0 Å². The van der Waals surface area contributed by atoms with Crippen LogP contribution in [0.5, 0.6) is 0 Å². The number of rotatable bonds is 19. The summed E-state index contributed by atoms with van der Waals surface area (Å²) in [5, 5.41) is 27.2. The zero-order valence-corrected chi connectivity index (χ0v) is 45.6. The molecule has 0 bridgehead atoms. The summed E-state index contributed by atoms with van der Waals surface area (Å²) in [5.41, 5.74) is -4.10. The summed E-state index contributed by atoms with van der Waals surface area (Å²) in [7, 11) is 0.